The van der Waals surface area contributed by atoms with Crippen LogP contribution in [-0.4, -0.2) is 32.1 Å². The lowest BCUT2D eigenvalue weighted by Gasteiger charge is -2.18. The van der Waals surface area contributed by atoms with Crippen LogP contribution in [0.1, 0.15) is 55.2 Å². The average molecular weight is 533 g/mol. The maximum Gasteiger partial charge on any atom is 0.416 e. The van der Waals surface area contributed by atoms with Crippen molar-refractivity contribution in [2.45, 2.75) is 62.8 Å². The predicted octanol–water partition coefficient (Wildman–Crippen LogP) is 4.74. The van der Waals surface area contributed by atoms with Crippen molar-refractivity contribution in [3.8, 4) is 11.4 Å². The first-order chi connectivity index (χ1) is 17.6. The van der Waals surface area contributed by atoms with E-state index in [-0.39, 0.29) is 24.1 Å². The normalized spacial score (nSPS) is 16.4. The third-order valence-corrected chi connectivity index (χ3v) is 6.75. The minimum absolute atomic E-state index is 0.00999. The Kier molecular flexibility index (Phi) is 6.70. The van der Waals surface area contributed by atoms with Crippen LogP contribution in [0, 0.1) is 0 Å². The zero-order valence-corrected chi connectivity index (χ0v) is 20.4. The molecule has 2 aliphatic carbocycles. The van der Waals surface area contributed by atoms with Gasteiger partial charge in [-0.15, -0.1) is 5.10 Å². The molecular weight excluding hydrogens is 509 g/mol. The number of alkyl halides is 3. The summed E-state index contributed by atoms with van der Waals surface area (Å²) in [5.74, 6) is -1.70. The van der Waals surface area contributed by atoms with Crippen molar-refractivity contribution in [3.05, 3.63) is 75.2 Å². The van der Waals surface area contributed by atoms with Gasteiger partial charge in [-0.2, -0.15) is 13.2 Å². The minimum atomic E-state index is -4.58. The van der Waals surface area contributed by atoms with E-state index < -0.39 is 41.6 Å². The molecule has 2 saturated carbocycles. The fourth-order valence-corrected chi connectivity index (χ4v) is 4.39. The van der Waals surface area contributed by atoms with Crippen molar-refractivity contribution < 1.29 is 22.8 Å². The highest BCUT2D eigenvalue weighted by atomic mass is 35.5. The molecule has 11 heteroatoms. The molecule has 1 N–H and O–H groups in total. The van der Waals surface area contributed by atoms with E-state index in [4.69, 9.17) is 11.6 Å². The molecule has 0 radical (unpaired) electrons. The predicted molar refractivity (Wildman–Crippen MR) is 130 cm³/mol. The van der Waals surface area contributed by atoms with Gasteiger partial charge in [0.2, 0.25) is 5.91 Å². The number of amides is 1. The number of rotatable bonds is 9. The van der Waals surface area contributed by atoms with E-state index in [9.17, 15) is 27.6 Å². The van der Waals surface area contributed by atoms with E-state index in [1.807, 2.05) is 0 Å². The molecule has 194 valence electrons. The molecule has 0 saturated heterocycles. The third kappa shape index (κ3) is 5.79. The zero-order valence-electron chi connectivity index (χ0n) is 19.7. The van der Waals surface area contributed by atoms with Crippen LogP contribution in [0.5, 0.6) is 0 Å². The largest absolute Gasteiger partial charge is 0.416 e. The summed E-state index contributed by atoms with van der Waals surface area (Å²) in [5.41, 5.74) is -0.572. The second-order valence-corrected chi connectivity index (χ2v) is 10.0. The van der Waals surface area contributed by atoms with Gasteiger partial charge in [-0.3, -0.25) is 14.2 Å². The van der Waals surface area contributed by atoms with Gasteiger partial charge in [0, 0.05) is 29.1 Å². The fraction of sp³-hybridized carbons (Fsp3) is 0.385. The van der Waals surface area contributed by atoms with Gasteiger partial charge in [-0.1, -0.05) is 29.8 Å². The van der Waals surface area contributed by atoms with Gasteiger partial charge in [0.25, 0.3) is 0 Å². The number of hydrogen-bond acceptors (Lipinski definition) is 4. The zero-order chi connectivity index (χ0) is 26.3. The number of carbonyl (C=O) groups is 2. The first-order valence-corrected chi connectivity index (χ1v) is 12.4. The molecule has 1 heterocycles. The fourth-order valence-electron chi connectivity index (χ4n) is 4.26. The van der Waals surface area contributed by atoms with Crippen LogP contribution < -0.4 is 11.0 Å². The van der Waals surface area contributed by atoms with E-state index in [1.165, 1.54) is 12.1 Å². The molecule has 2 aromatic carbocycles. The Balaban J connectivity index is 1.41. The number of halogens is 4. The molecule has 7 nitrogen and oxygen atoms in total. The van der Waals surface area contributed by atoms with Crippen molar-refractivity contribution in [1.29, 1.82) is 0 Å². The second-order valence-electron chi connectivity index (χ2n) is 9.57. The Morgan fingerprint density at radius 1 is 1.08 bits per heavy atom. The molecule has 0 bridgehead atoms. The van der Waals surface area contributed by atoms with Gasteiger partial charge in [0.15, 0.2) is 11.6 Å². The van der Waals surface area contributed by atoms with Gasteiger partial charge in [-0.25, -0.2) is 9.48 Å². The average Bonchev–Trinajstić information content (AvgIpc) is 3.78. The van der Waals surface area contributed by atoms with E-state index in [1.54, 1.807) is 28.8 Å². The molecule has 0 aliphatic heterocycles. The molecule has 3 aromatic rings. The van der Waals surface area contributed by atoms with Crippen molar-refractivity contribution >= 4 is 23.3 Å². The molecule has 2 aliphatic rings. The quantitative estimate of drug-likeness (QED) is 0.431. The summed E-state index contributed by atoms with van der Waals surface area (Å²) in [4.78, 5) is 39.2. The van der Waals surface area contributed by atoms with Gasteiger partial charge in [0.05, 0.1) is 11.5 Å². The van der Waals surface area contributed by atoms with Gasteiger partial charge >= 0.3 is 11.9 Å². The lowest BCUT2D eigenvalue weighted by Crippen LogP contribution is -2.34. The third-order valence-electron chi connectivity index (χ3n) is 6.50. The molecule has 5 rings (SSSR count). The Labute approximate surface area is 215 Å². The summed E-state index contributed by atoms with van der Waals surface area (Å²) >= 11 is 5.98. The summed E-state index contributed by atoms with van der Waals surface area (Å²) in [6, 6.07) is 11.2. The van der Waals surface area contributed by atoms with Crippen molar-refractivity contribution in [2.24, 2.45) is 0 Å². The molecule has 0 spiro atoms. The van der Waals surface area contributed by atoms with Crippen LogP contribution in [-0.2, 0) is 22.3 Å². The van der Waals surface area contributed by atoms with Crippen LogP contribution >= 0.6 is 11.6 Å². The topological polar surface area (TPSA) is 86.0 Å². The number of nitrogens with one attached hydrogen (secondary N) is 1. The van der Waals surface area contributed by atoms with Gasteiger partial charge in [0.1, 0.15) is 6.54 Å². The lowest BCUT2D eigenvalue weighted by atomic mass is 9.91. The minimum Gasteiger partial charge on any atom is -0.353 e. The molecule has 1 amide bonds. The monoisotopic (exact) mass is 532 g/mol. The highest BCUT2D eigenvalue weighted by molar-refractivity contribution is 6.30. The smallest absolute Gasteiger partial charge is 0.353 e. The van der Waals surface area contributed by atoms with E-state index in [2.05, 4.69) is 10.4 Å². The van der Waals surface area contributed by atoms with Crippen molar-refractivity contribution in [2.75, 3.05) is 0 Å². The van der Waals surface area contributed by atoms with E-state index in [0.717, 1.165) is 42.5 Å². The second kappa shape index (κ2) is 9.81. The number of benzene rings is 2. The van der Waals surface area contributed by atoms with Crippen LogP contribution in [0.2, 0.25) is 5.02 Å². The Morgan fingerprint density at radius 3 is 2.41 bits per heavy atom. The van der Waals surface area contributed by atoms with Gasteiger partial charge < -0.3 is 5.32 Å². The Morgan fingerprint density at radius 2 is 1.78 bits per heavy atom. The highest BCUT2D eigenvalue weighted by Gasteiger charge is 2.35. The Hall–Kier alpha value is -3.40. The van der Waals surface area contributed by atoms with Crippen molar-refractivity contribution in [3.63, 3.8) is 0 Å². The number of Topliss-reactive ketones (excluding diaryl/α,β-unsaturated/α-hetero) is 1. The summed E-state index contributed by atoms with van der Waals surface area (Å²) in [6.07, 6.45) is -1.73. The number of aromatic nitrogens is 3. The molecular formula is C26H24ClF3N4O3. The number of ketones is 1. The highest BCUT2D eigenvalue weighted by Crippen LogP contribution is 2.37. The van der Waals surface area contributed by atoms with Crippen LogP contribution in [0.25, 0.3) is 11.4 Å². The van der Waals surface area contributed by atoms with Crippen molar-refractivity contribution in [1.82, 2.24) is 19.7 Å². The molecule has 1 atom stereocenters. The Bertz CT molecular complexity index is 1390. The molecule has 2 fully saturated rings. The lowest BCUT2D eigenvalue weighted by molar-refractivity contribution is -0.137. The summed E-state index contributed by atoms with van der Waals surface area (Å²) in [7, 11) is 0. The summed E-state index contributed by atoms with van der Waals surface area (Å²) in [6.45, 7) is -0.398. The summed E-state index contributed by atoms with van der Waals surface area (Å²) < 4.78 is 42.5. The van der Waals surface area contributed by atoms with Gasteiger partial charge in [-0.05, 0) is 61.6 Å². The SMILES string of the molecule is O=C(CC(C(=O)NC1CC1)c1cccc(C(F)(F)F)c1)Cn1nc(-c2ccc(Cl)cc2)n(C2CC2)c1=O. The standard InChI is InChI=1S/C26H24ClF3N4O3/c27-18-6-4-15(5-7-18)23-32-33(25(37)34(23)20-10-11-20)14-21(35)13-22(24(36)31-19-8-9-19)16-2-1-3-17(12-16)26(28,29)30/h1-7,12,19-20,22H,8-11,13-14H2,(H,31,36). The molecule has 1 unspecified atom stereocenters. The first kappa shape index (κ1) is 25.3. The maximum absolute atomic E-state index is 13.3. The van der Waals surface area contributed by atoms with Crippen LogP contribution in [0.15, 0.2) is 53.3 Å². The summed E-state index contributed by atoms with van der Waals surface area (Å²) in [5, 5.41) is 7.71. The van der Waals surface area contributed by atoms with Crippen LogP contribution in [0.3, 0.4) is 0 Å². The molecule has 37 heavy (non-hydrogen) atoms. The number of hydrogen-bond donors (Lipinski definition) is 1. The van der Waals surface area contributed by atoms with E-state index in [0.29, 0.717) is 16.4 Å². The maximum atomic E-state index is 13.3. The molecule has 1 aromatic heterocycles. The number of carbonyl (C=O) groups excluding carboxylic acids is 2. The van der Waals surface area contributed by atoms with E-state index >= 15 is 0 Å². The number of nitrogens with zero attached hydrogens (tertiary/aromatic N) is 3. The van der Waals surface area contributed by atoms with Crippen LogP contribution in [0.4, 0.5) is 13.2 Å². The first-order valence-electron chi connectivity index (χ1n) is 12.0.